The van der Waals surface area contributed by atoms with Crippen LogP contribution < -0.4 is 0 Å². The number of aryl methyl sites for hydroxylation is 2. The molecule has 0 amide bonds. The van der Waals surface area contributed by atoms with E-state index in [1.807, 2.05) is 36.7 Å². The maximum absolute atomic E-state index is 4.57. The molecule has 6 aromatic rings. The van der Waals surface area contributed by atoms with Crippen molar-refractivity contribution in [2.75, 3.05) is 0 Å². The molecule has 0 aliphatic heterocycles. The molecular formula is C41H38N2. The van der Waals surface area contributed by atoms with Crippen molar-refractivity contribution in [1.29, 1.82) is 0 Å². The highest BCUT2D eigenvalue weighted by molar-refractivity contribution is 5.83. The second kappa shape index (κ2) is 12.2. The van der Waals surface area contributed by atoms with E-state index < -0.39 is 0 Å². The van der Waals surface area contributed by atoms with E-state index in [0.29, 0.717) is 0 Å². The highest BCUT2D eigenvalue weighted by Gasteiger charge is 2.35. The minimum Gasteiger partial charge on any atom is -0.256 e. The molecule has 212 valence electrons. The fourth-order valence-electron chi connectivity index (χ4n) is 6.66. The summed E-state index contributed by atoms with van der Waals surface area (Å²) in [6.45, 7) is 9.12. The van der Waals surface area contributed by atoms with Crippen LogP contribution in [0.5, 0.6) is 0 Å². The first kappa shape index (κ1) is 28.3. The first-order valence-corrected chi connectivity index (χ1v) is 15.3. The first-order valence-electron chi connectivity index (χ1n) is 15.3. The third-order valence-corrected chi connectivity index (χ3v) is 8.84. The molecule has 0 aliphatic rings. The van der Waals surface area contributed by atoms with Crippen LogP contribution in [0.4, 0.5) is 0 Å². The van der Waals surface area contributed by atoms with Gasteiger partial charge in [0.15, 0.2) is 0 Å². The fourth-order valence-corrected chi connectivity index (χ4v) is 6.66. The highest BCUT2D eigenvalue weighted by Crippen LogP contribution is 2.48. The Balaban J connectivity index is 1.57. The summed E-state index contributed by atoms with van der Waals surface area (Å²) in [7, 11) is 0. The van der Waals surface area contributed by atoms with Crippen LogP contribution in [0.15, 0.2) is 134 Å². The first-order chi connectivity index (χ1) is 21.0. The number of hydrogen-bond acceptors (Lipinski definition) is 2. The summed E-state index contributed by atoms with van der Waals surface area (Å²) in [5, 5.41) is 0. The quantitative estimate of drug-likeness (QED) is 0.186. The molecule has 0 saturated carbocycles. The largest absolute Gasteiger partial charge is 0.256 e. The zero-order chi connectivity index (χ0) is 29.8. The molecule has 2 heteroatoms. The Bertz CT molecular complexity index is 1690. The summed E-state index contributed by atoms with van der Waals surface area (Å²) in [5.74, 6) is 0. The molecule has 0 unspecified atom stereocenters. The number of hydrogen-bond donors (Lipinski definition) is 0. The molecule has 2 aromatic heterocycles. The summed E-state index contributed by atoms with van der Waals surface area (Å²) in [5.41, 5.74) is 14.4. The summed E-state index contributed by atoms with van der Waals surface area (Å²) in [4.78, 5) is 9.14. The lowest BCUT2D eigenvalue weighted by atomic mass is 9.65. The Morgan fingerprint density at radius 1 is 0.488 bits per heavy atom. The summed E-state index contributed by atoms with van der Waals surface area (Å²) < 4.78 is 0. The van der Waals surface area contributed by atoms with E-state index in [2.05, 4.69) is 135 Å². The van der Waals surface area contributed by atoms with E-state index in [0.717, 1.165) is 35.4 Å². The number of pyridine rings is 2. The molecule has 0 spiro atoms. The third kappa shape index (κ3) is 5.53. The van der Waals surface area contributed by atoms with Gasteiger partial charge in [-0.1, -0.05) is 122 Å². The molecule has 4 aromatic carbocycles. The Hall–Kier alpha value is -4.82. The van der Waals surface area contributed by atoms with Gasteiger partial charge in [0.2, 0.25) is 0 Å². The van der Waals surface area contributed by atoms with Gasteiger partial charge in [0, 0.05) is 28.9 Å². The maximum atomic E-state index is 4.57. The van der Waals surface area contributed by atoms with Crippen molar-refractivity contribution in [3.8, 4) is 44.8 Å². The Labute approximate surface area is 256 Å². The molecule has 0 atom stereocenters. The minimum atomic E-state index is -0.165. The van der Waals surface area contributed by atoms with Crippen LogP contribution in [0.2, 0.25) is 0 Å². The molecule has 0 bridgehead atoms. The zero-order valence-corrected chi connectivity index (χ0v) is 25.5. The monoisotopic (exact) mass is 558 g/mol. The molecular weight excluding hydrogens is 520 g/mol. The van der Waals surface area contributed by atoms with E-state index in [1.165, 1.54) is 44.5 Å². The van der Waals surface area contributed by atoms with Crippen molar-refractivity contribution in [2.45, 2.75) is 46.0 Å². The Morgan fingerprint density at radius 2 is 0.930 bits per heavy atom. The van der Waals surface area contributed by atoms with Gasteiger partial charge in [0.1, 0.15) is 0 Å². The Kier molecular flexibility index (Phi) is 8.03. The smallest absolute Gasteiger partial charge is 0.0701 e. The topological polar surface area (TPSA) is 25.8 Å². The van der Waals surface area contributed by atoms with Crippen LogP contribution in [0, 0.1) is 13.8 Å². The molecule has 0 N–H and O–H groups in total. The highest BCUT2D eigenvalue weighted by atomic mass is 14.7. The van der Waals surface area contributed by atoms with Gasteiger partial charge in [-0.2, -0.15) is 0 Å². The van der Waals surface area contributed by atoms with Crippen molar-refractivity contribution < 1.29 is 0 Å². The van der Waals surface area contributed by atoms with Gasteiger partial charge < -0.3 is 0 Å². The van der Waals surface area contributed by atoms with Crippen LogP contribution >= 0.6 is 0 Å². The van der Waals surface area contributed by atoms with Crippen molar-refractivity contribution >= 4 is 0 Å². The minimum absolute atomic E-state index is 0.165. The van der Waals surface area contributed by atoms with Crippen molar-refractivity contribution in [3.63, 3.8) is 0 Å². The van der Waals surface area contributed by atoms with Gasteiger partial charge >= 0.3 is 0 Å². The summed E-state index contributed by atoms with van der Waals surface area (Å²) in [6, 6.07) is 43.9. The van der Waals surface area contributed by atoms with Gasteiger partial charge in [0.05, 0.1) is 11.4 Å². The van der Waals surface area contributed by atoms with E-state index in [9.17, 15) is 0 Å². The van der Waals surface area contributed by atoms with E-state index in [1.54, 1.807) is 0 Å². The molecule has 6 rings (SSSR count). The molecule has 0 aliphatic carbocycles. The van der Waals surface area contributed by atoms with E-state index >= 15 is 0 Å². The van der Waals surface area contributed by atoms with Crippen LogP contribution in [0.1, 0.15) is 48.9 Å². The second-order valence-electron chi connectivity index (χ2n) is 11.5. The van der Waals surface area contributed by atoms with Gasteiger partial charge in [-0.15, -0.1) is 0 Å². The van der Waals surface area contributed by atoms with Gasteiger partial charge in [0.25, 0.3) is 0 Å². The molecule has 0 radical (unpaired) electrons. The van der Waals surface area contributed by atoms with Crippen LogP contribution in [0.3, 0.4) is 0 Å². The van der Waals surface area contributed by atoms with Crippen LogP contribution in [-0.2, 0) is 5.41 Å². The summed E-state index contributed by atoms with van der Waals surface area (Å²) in [6.07, 6.45) is 5.69. The van der Waals surface area contributed by atoms with Crippen molar-refractivity contribution in [1.82, 2.24) is 9.97 Å². The standard InChI is InChI=1S/C41H38N2/c1-5-41(6-2,35-27-29(3)26-30(4)28-35)40-36(31-16-20-33(21-17-31)38-14-7-9-24-42-38)12-11-13-37(40)32-18-22-34(23-19-32)39-15-8-10-25-43-39/h7-28H,5-6H2,1-4H3. The number of benzene rings is 4. The average molecular weight is 559 g/mol. The average Bonchev–Trinajstić information content (AvgIpc) is 3.06. The molecule has 0 saturated heterocycles. The van der Waals surface area contributed by atoms with Gasteiger partial charge in [-0.25, -0.2) is 0 Å². The molecule has 43 heavy (non-hydrogen) atoms. The van der Waals surface area contributed by atoms with Gasteiger partial charge in [-0.3, -0.25) is 9.97 Å². The lowest BCUT2D eigenvalue weighted by molar-refractivity contribution is 0.480. The number of nitrogens with zero attached hydrogens (tertiary/aromatic N) is 2. The molecule has 2 nitrogen and oxygen atoms in total. The summed E-state index contributed by atoms with van der Waals surface area (Å²) >= 11 is 0. The predicted octanol–water partition coefficient (Wildman–Crippen LogP) is 10.9. The lowest BCUT2D eigenvalue weighted by Gasteiger charge is -2.37. The van der Waals surface area contributed by atoms with E-state index in [-0.39, 0.29) is 5.41 Å². The number of rotatable bonds is 8. The molecule has 0 fully saturated rings. The SMILES string of the molecule is CCC(CC)(c1cc(C)cc(C)c1)c1c(-c2ccc(-c3ccccn3)cc2)cccc1-c1ccc(-c2ccccn2)cc1. The third-order valence-electron chi connectivity index (χ3n) is 8.84. The van der Waals surface area contributed by atoms with E-state index in [4.69, 9.17) is 0 Å². The van der Waals surface area contributed by atoms with Crippen molar-refractivity contribution in [3.05, 3.63) is 156 Å². The fraction of sp³-hybridized carbons (Fsp3) is 0.171. The van der Waals surface area contributed by atoms with Gasteiger partial charge in [-0.05, 0) is 84.3 Å². The molecule has 2 heterocycles. The lowest BCUT2D eigenvalue weighted by Crippen LogP contribution is -2.28. The second-order valence-corrected chi connectivity index (χ2v) is 11.5. The van der Waals surface area contributed by atoms with Crippen molar-refractivity contribution in [2.24, 2.45) is 0 Å². The Morgan fingerprint density at radius 3 is 1.33 bits per heavy atom. The maximum Gasteiger partial charge on any atom is 0.0701 e. The number of aromatic nitrogens is 2. The zero-order valence-electron chi connectivity index (χ0n) is 25.5. The van der Waals surface area contributed by atoms with Crippen LogP contribution in [0.25, 0.3) is 44.8 Å². The normalized spacial score (nSPS) is 11.4. The predicted molar refractivity (Wildman–Crippen MR) is 181 cm³/mol. The van der Waals surface area contributed by atoms with Crippen LogP contribution in [-0.4, -0.2) is 9.97 Å².